The van der Waals surface area contributed by atoms with Crippen LogP contribution in [-0.4, -0.2) is 35.6 Å². The minimum absolute atomic E-state index is 0.0226. The number of carbonyl (C=O) groups excluding carboxylic acids is 1. The third-order valence-corrected chi connectivity index (χ3v) is 2.37. The number of aliphatic carboxylic acids is 1. The van der Waals surface area contributed by atoms with Gasteiger partial charge in [0.1, 0.15) is 0 Å². The van der Waals surface area contributed by atoms with Crippen LogP contribution >= 0.6 is 0 Å². The molecule has 1 unspecified atom stereocenters. The lowest BCUT2D eigenvalue weighted by molar-refractivity contribution is -0.131. The highest BCUT2D eigenvalue weighted by atomic mass is 16.4. The highest BCUT2D eigenvalue weighted by molar-refractivity contribution is 5.82. The summed E-state index contributed by atoms with van der Waals surface area (Å²) in [5, 5.41) is 14.4. The van der Waals surface area contributed by atoms with Crippen molar-refractivity contribution in [2.24, 2.45) is 0 Å². The van der Waals surface area contributed by atoms with E-state index in [0.29, 0.717) is 18.2 Å². The lowest BCUT2D eigenvalue weighted by atomic mass is 10.2. The quantitative estimate of drug-likeness (QED) is 0.568. The minimum atomic E-state index is -0.964. The monoisotopic (exact) mass is 226 g/mol. The van der Waals surface area contributed by atoms with Crippen molar-refractivity contribution in [3.8, 4) is 0 Å². The highest BCUT2D eigenvalue weighted by Gasteiger charge is 2.25. The van der Waals surface area contributed by atoms with Crippen molar-refractivity contribution in [2.45, 2.75) is 38.8 Å². The molecule has 0 aromatic rings. The summed E-state index contributed by atoms with van der Waals surface area (Å²) < 4.78 is 0. The first-order valence-electron chi connectivity index (χ1n) is 5.43. The van der Waals surface area contributed by atoms with Gasteiger partial charge in [0.2, 0.25) is 5.91 Å². The molecule has 0 bridgehead atoms. The van der Waals surface area contributed by atoms with Gasteiger partial charge in [0.05, 0.1) is 6.04 Å². The Labute approximate surface area is 94.9 Å². The lowest BCUT2D eigenvalue weighted by Gasteiger charge is -2.13. The Kier molecular flexibility index (Phi) is 4.49. The van der Waals surface area contributed by atoms with Crippen molar-refractivity contribution >= 4 is 11.9 Å². The molecule has 1 atom stereocenters. The molecule has 0 saturated heterocycles. The van der Waals surface area contributed by atoms with Gasteiger partial charge in [0.25, 0.3) is 0 Å². The fourth-order valence-corrected chi connectivity index (χ4v) is 1.22. The average molecular weight is 226 g/mol. The zero-order valence-electron chi connectivity index (χ0n) is 9.62. The normalized spacial score (nSPS) is 18.0. The summed E-state index contributed by atoms with van der Waals surface area (Å²) in [5.74, 6) is -0.986. The number of carboxylic acids is 1. The van der Waals surface area contributed by atoms with E-state index in [4.69, 9.17) is 5.11 Å². The molecule has 1 amide bonds. The molecule has 90 valence electrons. The summed E-state index contributed by atoms with van der Waals surface area (Å²) in [7, 11) is 0. The summed E-state index contributed by atoms with van der Waals surface area (Å²) >= 11 is 0. The van der Waals surface area contributed by atoms with Crippen molar-refractivity contribution in [1.29, 1.82) is 0 Å². The molecular weight excluding hydrogens is 208 g/mol. The van der Waals surface area contributed by atoms with Gasteiger partial charge in [-0.15, -0.1) is 0 Å². The van der Waals surface area contributed by atoms with E-state index in [2.05, 4.69) is 10.6 Å². The number of rotatable bonds is 6. The molecule has 0 aromatic carbocycles. The van der Waals surface area contributed by atoms with Crippen molar-refractivity contribution < 1.29 is 14.7 Å². The number of carboxylic acid groups (broad SMARTS) is 1. The van der Waals surface area contributed by atoms with Gasteiger partial charge in [-0.3, -0.25) is 4.79 Å². The number of hydrogen-bond acceptors (Lipinski definition) is 3. The van der Waals surface area contributed by atoms with Gasteiger partial charge in [-0.25, -0.2) is 4.79 Å². The highest BCUT2D eigenvalue weighted by Crippen LogP contribution is 2.18. The van der Waals surface area contributed by atoms with Gasteiger partial charge in [0, 0.05) is 18.7 Å². The first-order chi connectivity index (χ1) is 7.49. The van der Waals surface area contributed by atoms with Crippen LogP contribution in [0.15, 0.2) is 11.6 Å². The van der Waals surface area contributed by atoms with E-state index in [-0.39, 0.29) is 11.9 Å². The maximum absolute atomic E-state index is 11.5. The maximum Gasteiger partial charge on any atom is 0.328 e. The van der Waals surface area contributed by atoms with Crippen molar-refractivity contribution in [3.05, 3.63) is 11.6 Å². The smallest absolute Gasteiger partial charge is 0.328 e. The van der Waals surface area contributed by atoms with Gasteiger partial charge >= 0.3 is 5.97 Å². The first-order valence-corrected chi connectivity index (χ1v) is 5.43. The number of hydrogen-bond donors (Lipinski definition) is 3. The van der Waals surface area contributed by atoms with Crippen LogP contribution in [0.4, 0.5) is 0 Å². The van der Waals surface area contributed by atoms with Crippen LogP contribution in [0, 0.1) is 0 Å². The molecule has 1 saturated carbocycles. The molecule has 1 aliphatic rings. The number of amides is 1. The summed E-state index contributed by atoms with van der Waals surface area (Å²) in [4.78, 5) is 21.9. The van der Waals surface area contributed by atoms with E-state index >= 15 is 0 Å². The Hall–Kier alpha value is -1.36. The molecule has 1 rings (SSSR count). The molecule has 0 radical (unpaired) electrons. The van der Waals surface area contributed by atoms with Gasteiger partial charge < -0.3 is 15.7 Å². The Morgan fingerprint density at radius 3 is 2.62 bits per heavy atom. The fraction of sp³-hybridized carbons (Fsp3) is 0.636. The Bertz CT molecular complexity index is 308. The second kappa shape index (κ2) is 5.65. The number of carbonyl (C=O) groups is 2. The van der Waals surface area contributed by atoms with Crippen LogP contribution in [0.25, 0.3) is 0 Å². The fourth-order valence-electron chi connectivity index (χ4n) is 1.22. The molecule has 1 fully saturated rings. The average Bonchev–Trinajstić information content (AvgIpc) is 2.96. The molecule has 3 N–H and O–H groups in total. The minimum Gasteiger partial charge on any atom is -0.478 e. The third-order valence-electron chi connectivity index (χ3n) is 2.37. The molecule has 0 aromatic heterocycles. The maximum atomic E-state index is 11.5. The van der Waals surface area contributed by atoms with Crippen molar-refractivity contribution in [2.75, 3.05) is 6.54 Å². The molecule has 0 heterocycles. The van der Waals surface area contributed by atoms with Crippen LogP contribution in [0.5, 0.6) is 0 Å². The van der Waals surface area contributed by atoms with Gasteiger partial charge in [-0.2, -0.15) is 0 Å². The van der Waals surface area contributed by atoms with E-state index in [1.807, 2.05) is 0 Å². The second-order valence-corrected chi connectivity index (χ2v) is 4.21. The van der Waals surface area contributed by atoms with Crippen molar-refractivity contribution in [1.82, 2.24) is 10.6 Å². The zero-order valence-corrected chi connectivity index (χ0v) is 9.62. The predicted molar refractivity (Wildman–Crippen MR) is 60.0 cm³/mol. The Morgan fingerprint density at radius 1 is 1.50 bits per heavy atom. The molecule has 5 nitrogen and oxygen atoms in total. The van der Waals surface area contributed by atoms with Crippen LogP contribution in [0.2, 0.25) is 0 Å². The van der Waals surface area contributed by atoms with Crippen LogP contribution in [0.3, 0.4) is 0 Å². The van der Waals surface area contributed by atoms with E-state index in [9.17, 15) is 9.59 Å². The van der Waals surface area contributed by atoms with Crippen LogP contribution in [-0.2, 0) is 9.59 Å². The summed E-state index contributed by atoms with van der Waals surface area (Å²) in [6.07, 6.45) is 3.27. The second-order valence-electron chi connectivity index (χ2n) is 4.21. The summed E-state index contributed by atoms with van der Waals surface area (Å²) in [6.45, 7) is 3.89. The standard InChI is InChI=1S/C11H18N2O3/c1-7(5-10(14)15)6-12-8(2)11(16)13-9-3-4-9/h5,8-9,12H,3-4,6H2,1-2H3,(H,13,16)(H,14,15). The van der Waals surface area contributed by atoms with Gasteiger partial charge in [0.15, 0.2) is 0 Å². The summed E-state index contributed by atoms with van der Waals surface area (Å²) in [6, 6.07) is 0.0603. The SMILES string of the molecule is CC(=CC(=O)O)CNC(C)C(=O)NC1CC1. The van der Waals surface area contributed by atoms with E-state index < -0.39 is 5.97 Å². The van der Waals surface area contributed by atoms with E-state index in [0.717, 1.165) is 18.9 Å². The number of nitrogens with one attached hydrogen (secondary N) is 2. The molecule has 0 spiro atoms. The molecule has 5 heteroatoms. The topological polar surface area (TPSA) is 78.4 Å². The molecular formula is C11H18N2O3. The van der Waals surface area contributed by atoms with Gasteiger partial charge in [-0.05, 0) is 26.7 Å². The Balaban J connectivity index is 2.25. The van der Waals surface area contributed by atoms with Crippen molar-refractivity contribution in [3.63, 3.8) is 0 Å². The first kappa shape index (κ1) is 12.7. The largest absolute Gasteiger partial charge is 0.478 e. The Morgan fingerprint density at radius 2 is 2.12 bits per heavy atom. The van der Waals surface area contributed by atoms with E-state index in [1.165, 1.54) is 0 Å². The van der Waals surface area contributed by atoms with Gasteiger partial charge in [-0.1, -0.05) is 5.57 Å². The van der Waals surface area contributed by atoms with E-state index in [1.54, 1.807) is 13.8 Å². The summed E-state index contributed by atoms with van der Waals surface area (Å²) in [5.41, 5.74) is 0.693. The van der Waals surface area contributed by atoms with Crippen LogP contribution in [0.1, 0.15) is 26.7 Å². The zero-order chi connectivity index (χ0) is 12.1. The molecule has 0 aliphatic heterocycles. The third kappa shape index (κ3) is 4.93. The predicted octanol–water partition coefficient (Wildman–Crippen LogP) is 0.274. The lowest BCUT2D eigenvalue weighted by Crippen LogP contribution is -2.43. The molecule has 16 heavy (non-hydrogen) atoms. The van der Waals surface area contributed by atoms with Crippen LogP contribution < -0.4 is 10.6 Å². The molecule has 1 aliphatic carbocycles.